The van der Waals surface area contributed by atoms with Gasteiger partial charge in [0, 0.05) is 28.9 Å². The van der Waals surface area contributed by atoms with E-state index in [2.05, 4.69) is 146 Å². The highest BCUT2D eigenvalue weighted by atomic mass is 16.5. The van der Waals surface area contributed by atoms with Crippen molar-refractivity contribution in [2.45, 2.75) is 5.92 Å². The fourth-order valence-electron chi connectivity index (χ4n) is 7.27. The fourth-order valence-corrected chi connectivity index (χ4v) is 7.27. The van der Waals surface area contributed by atoms with Gasteiger partial charge in [0.25, 0.3) is 6.71 Å². The van der Waals surface area contributed by atoms with Crippen molar-refractivity contribution in [3.63, 3.8) is 0 Å². The summed E-state index contributed by atoms with van der Waals surface area (Å²) in [6.07, 6.45) is 3.75. The molecule has 0 spiro atoms. The summed E-state index contributed by atoms with van der Waals surface area (Å²) >= 11 is 0. The predicted octanol–water partition coefficient (Wildman–Crippen LogP) is 8.25. The molecule has 1 atom stereocenters. The number of fused-ring (bicyclic) bond motifs is 4. The van der Waals surface area contributed by atoms with Crippen LogP contribution in [0.2, 0.25) is 0 Å². The van der Waals surface area contributed by atoms with Crippen LogP contribution in [0.1, 0.15) is 22.7 Å². The number of ether oxygens (including phenoxy) is 1. The number of rotatable bonds is 6. The first-order valence-corrected chi connectivity index (χ1v) is 16.1. The van der Waals surface area contributed by atoms with Gasteiger partial charge in [-0.1, -0.05) is 120 Å². The Bertz CT molecular complexity index is 2300. The zero-order valence-corrected chi connectivity index (χ0v) is 25.6. The number of nitrogens with zero attached hydrogens (tertiary/aromatic N) is 2. The molecule has 0 amide bonds. The molecule has 6 aromatic carbocycles. The summed E-state index contributed by atoms with van der Waals surface area (Å²) < 4.78 is 6.75. The van der Waals surface area contributed by atoms with E-state index in [1.807, 2.05) is 24.5 Å². The second-order valence-corrected chi connectivity index (χ2v) is 12.1. The van der Waals surface area contributed by atoms with Gasteiger partial charge in [-0.3, -0.25) is 9.97 Å². The first-order valence-electron chi connectivity index (χ1n) is 16.1. The lowest BCUT2D eigenvalue weighted by atomic mass is 9.38. The maximum Gasteiger partial charge on any atom is 0.265 e. The Morgan fingerprint density at radius 1 is 0.489 bits per heavy atom. The van der Waals surface area contributed by atoms with Gasteiger partial charge in [-0.25, -0.2) is 0 Å². The molecular formula is C43H29BN2O. The molecular weight excluding hydrogens is 571 g/mol. The van der Waals surface area contributed by atoms with E-state index in [1.165, 1.54) is 38.3 Å². The van der Waals surface area contributed by atoms with Gasteiger partial charge in [0.1, 0.15) is 11.5 Å². The van der Waals surface area contributed by atoms with Crippen LogP contribution in [-0.4, -0.2) is 16.7 Å². The van der Waals surface area contributed by atoms with Crippen molar-refractivity contribution in [1.82, 2.24) is 9.97 Å². The normalized spacial score (nSPS) is 12.3. The van der Waals surface area contributed by atoms with Gasteiger partial charge in [-0.2, -0.15) is 0 Å². The van der Waals surface area contributed by atoms with E-state index in [9.17, 15) is 0 Å². The Kier molecular flexibility index (Phi) is 6.64. The minimum atomic E-state index is -0.00446. The van der Waals surface area contributed by atoms with E-state index < -0.39 is 0 Å². The highest BCUT2D eigenvalue weighted by molar-refractivity contribution is 6.95. The molecule has 1 aliphatic heterocycles. The molecule has 0 bridgehead atoms. The molecule has 4 heteroatoms. The van der Waals surface area contributed by atoms with Gasteiger partial charge in [0.15, 0.2) is 0 Å². The molecule has 1 aliphatic rings. The highest BCUT2D eigenvalue weighted by Gasteiger charge is 2.28. The molecule has 3 heterocycles. The second kappa shape index (κ2) is 11.4. The van der Waals surface area contributed by atoms with E-state index in [1.54, 1.807) is 0 Å². The van der Waals surface area contributed by atoms with Gasteiger partial charge >= 0.3 is 0 Å². The van der Waals surface area contributed by atoms with Crippen molar-refractivity contribution >= 4 is 44.8 Å². The van der Waals surface area contributed by atoms with Crippen molar-refractivity contribution in [3.05, 3.63) is 187 Å². The first-order chi connectivity index (χ1) is 23.3. The van der Waals surface area contributed by atoms with Crippen LogP contribution in [0.5, 0.6) is 11.5 Å². The van der Waals surface area contributed by atoms with Crippen LogP contribution in [0.15, 0.2) is 170 Å². The summed E-state index contributed by atoms with van der Waals surface area (Å²) in [4.78, 5) is 9.54. The third-order valence-electron chi connectivity index (χ3n) is 9.38. The van der Waals surface area contributed by atoms with Crippen LogP contribution in [-0.2, 0) is 0 Å². The third-order valence-corrected chi connectivity index (χ3v) is 9.38. The Morgan fingerprint density at radius 3 is 2.06 bits per heavy atom. The van der Waals surface area contributed by atoms with Gasteiger partial charge in [-0.05, 0) is 81.4 Å². The second-order valence-electron chi connectivity index (χ2n) is 12.1. The zero-order chi connectivity index (χ0) is 31.2. The molecule has 0 saturated carbocycles. The van der Waals surface area contributed by atoms with E-state index in [-0.39, 0.29) is 12.6 Å². The number of benzene rings is 6. The third kappa shape index (κ3) is 4.77. The number of pyridine rings is 2. The predicted molar refractivity (Wildman–Crippen MR) is 194 cm³/mol. The molecule has 8 aromatic rings. The minimum Gasteiger partial charge on any atom is -0.456 e. The van der Waals surface area contributed by atoms with Crippen LogP contribution >= 0.6 is 0 Å². The van der Waals surface area contributed by atoms with Gasteiger partial charge in [0.05, 0.1) is 11.6 Å². The molecule has 2 aromatic heterocycles. The van der Waals surface area contributed by atoms with Gasteiger partial charge in [0.2, 0.25) is 0 Å². The van der Waals surface area contributed by atoms with Crippen molar-refractivity contribution in [2.75, 3.05) is 0 Å². The Balaban J connectivity index is 1.20. The summed E-state index contributed by atoms with van der Waals surface area (Å²) in [6.45, 7) is -0.00446. The molecule has 1 unspecified atom stereocenters. The molecule has 0 radical (unpaired) electrons. The summed E-state index contributed by atoms with van der Waals surface area (Å²) in [5.41, 5.74) is 9.13. The van der Waals surface area contributed by atoms with Crippen molar-refractivity contribution in [1.29, 1.82) is 0 Å². The Labute approximate surface area is 274 Å². The van der Waals surface area contributed by atoms with E-state index in [0.717, 1.165) is 39.2 Å². The first kappa shape index (κ1) is 27.3. The fraction of sp³-hybridized carbons (Fsp3) is 0.0233. The molecule has 0 aliphatic carbocycles. The molecule has 47 heavy (non-hydrogen) atoms. The van der Waals surface area contributed by atoms with Crippen molar-refractivity contribution < 1.29 is 4.74 Å². The minimum absolute atomic E-state index is 0.00446. The lowest BCUT2D eigenvalue weighted by Gasteiger charge is -2.25. The number of hydrogen-bond donors (Lipinski definition) is 0. The summed E-state index contributed by atoms with van der Waals surface area (Å²) in [7, 11) is 0. The standard InChI is InChI=1S/C43H29BN2O/c1-3-12-29(13-4-1)42(38-17-7-9-24-45-38)31-21-20-30-26-37-34-23-22-33(44(32-14-5-2-6-15-32)41-19-8-10-25-46-41)28-40(34)47-39-18-11-16-35(43(37)39)36(30)27-31/h1-28,42H. The van der Waals surface area contributed by atoms with Crippen LogP contribution in [0.3, 0.4) is 0 Å². The SMILES string of the molecule is c1ccc(B(c2ccc3c(c2)Oc2cccc4c2c-3cc2ccc(C(c3ccccc3)c3ccccn3)cc24)c2ccccn2)cc1. The lowest BCUT2D eigenvalue weighted by molar-refractivity contribution is 0.487. The van der Waals surface area contributed by atoms with Gasteiger partial charge in [-0.15, -0.1) is 0 Å². The van der Waals surface area contributed by atoms with E-state index in [0.29, 0.717) is 0 Å². The van der Waals surface area contributed by atoms with Crippen LogP contribution < -0.4 is 21.3 Å². The van der Waals surface area contributed by atoms with Crippen LogP contribution in [0, 0.1) is 0 Å². The lowest BCUT2D eigenvalue weighted by Crippen LogP contribution is -2.53. The average Bonchev–Trinajstić information content (AvgIpc) is 3.14. The average molecular weight is 601 g/mol. The zero-order valence-electron chi connectivity index (χ0n) is 25.6. The smallest absolute Gasteiger partial charge is 0.265 e. The maximum absolute atomic E-state index is 6.75. The maximum atomic E-state index is 6.75. The molecule has 0 N–H and O–H groups in total. The summed E-state index contributed by atoms with van der Waals surface area (Å²) in [6, 6.07) is 55.8. The summed E-state index contributed by atoms with van der Waals surface area (Å²) in [5.74, 6) is 1.78. The Morgan fingerprint density at radius 2 is 1.28 bits per heavy atom. The van der Waals surface area contributed by atoms with Crippen LogP contribution in [0.25, 0.3) is 32.7 Å². The molecule has 9 rings (SSSR count). The topological polar surface area (TPSA) is 35.0 Å². The highest BCUT2D eigenvalue weighted by Crippen LogP contribution is 2.48. The quantitative estimate of drug-likeness (QED) is 0.142. The summed E-state index contributed by atoms with van der Waals surface area (Å²) in [5, 5.41) is 4.75. The molecule has 0 fully saturated rings. The monoisotopic (exact) mass is 600 g/mol. The number of hydrogen-bond acceptors (Lipinski definition) is 3. The van der Waals surface area contributed by atoms with E-state index in [4.69, 9.17) is 14.7 Å². The number of aromatic nitrogens is 2. The largest absolute Gasteiger partial charge is 0.456 e. The Hall–Kier alpha value is -6.00. The molecule has 3 nitrogen and oxygen atoms in total. The molecule has 0 saturated heterocycles. The molecule has 220 valence electrons. The van der Waals surface area contributed by atoms with Crippen molar-refractivity contribution in [3.8, 4) is 22.6 Å². The van der Waals surface area contributed by atoms with Crippen molar-refractivity contribution in [2.24, 2.45) is 0 Å². The van der Waals surface area contributed by atoms with Crippen LogP contribution in [0.4, 0.5) is 0 Å². The van der Waals surface area contributed by atoms with E-state index >= 15 is 0 Å². The van der Waals surface area contributed by atoms with Gasteiger partial charge < -0.3 is 4.74 Å².